The molecule has 3 N–H and O–H groups in total. The molecule has 4 nitrogen and oxygen atoms in total. The van der Waals surface area contributed by atoms with Crippen LogP contribution in [-0.4, -0.2) is 16.4 Å². The Balaban J connectivity index is 2.46. The summed E-state index contributed by atoms with van der Waals surface area (Å²) in [6.45, 7) is 3.47. The molecule has 4 heteroatoms. The largest absolute Gasteiger partial charge is 0.368 e. The zero-order valence-corrected chi connectivity index (χ0v) is 9.90. The Kier molecular flexibility index (Phi) is 2.71. The highest BCUT2D eigenvalue weighted by atomic mass is 16.1. The molecule has 2 rings (SSSR count). The van der Waals surface area contributed by atoms with Gasteiger partial charge in [-0.3, -0.25) is 4.79 Å². The summed E-state index contributed by atoms with van der Waals surface area (Å²) in [6.07, 6.45) is 1.71. The monoisotopic (exact) mass is 229 g/mol. The highest BCUT2D eigenvalue weighted by Crippen LogP contribution is 2.23. The van der Waals surface area contributed by atoms with Crippen molar-refractivity contribution in [2.75, 3.05) is 5.32 Å². The third-order valence-electron chi connectivity index (χ3n) is 2.72. The second kappa shape index (κ2) is 4.05. The zero-order valence-electron chi connectivity index (χ0n) is 9.90. The minimum Gasteiger partial charge on any atom is -0.368 e. The summed E-state index contributed by atoms with van der Waals surface area (Å²) in [5, 5.41) is 5.13. The van der Waals surface area contributed by atoms with Crippen molar-refractivity contribution in [3.8, 4) is 0 Å². The van der Waals surface area contributed by atoms with E-state index in [9.17, 15) is 4.79 Å². The maximum absolute atomic E-state index is 11.3. The molecule has 17 heavy (non-hydrogen) atoms. The van der Waals surface area contributed by atoms with Crippen LogP contribution in [0.25, 0.3) is 10.8 Å². The average Bonchev–Trinajstić information content (AvgIpc) is 2.29. The van der Waals surface area contributed by atoms with Gasteiger partial charge in [-0.05, 0) is 25.3 Å². The first-order valence-corrected chi connectivity index (χ1v) is 5.42. The van der Waals surface area contributed by atoms with Crippen molar-refractivity contribution >= 4 is 22.5 Å². The number of nitrogens with two attached hydrogens (primary N) is 1. The van der Waals surface area contributed by atoms with E-state index in [0.29, 0.717) is 5.82 Å². The van der Waals surface area contributed by atoms with Crippen LogP contribution in [0.5, 0.6) is 0 Å². The highest BCUT2D eigenvalue weighted by Gasteiger charge is 2.25. The Bertz CT molecular complexity index is 558. The smallest absolute Gasteiger partial charge is 0.242 e. The lowest BCUT2D eigenvalue weighted by Gasteiger charge is -2.23. The number of fused-ring (bicyclic) bond motifs is 1. The van der Waals surface area contributed by atoms with Crippen molar-refractivity contribution < 1.29 is 4.79 Å². The molecule has 88 valence electrons. The Labute approximate surface area is 99.8 Å². The fourth-order valence-electron chi connectivity index (χ4n) is 1.58. The van der Waals surface area contributed by atoms with Crippen molar-refractivity contribution in [1.29, 1.82) is 0 Å². The van der Waals surface area contributed by atoms with Gasteiger partial charge in [-0.1, -0.05) is 24.3 Å². The standard InChI is InChI=1S/C13H15N3O/c1-13(2,12(14)17)16-11-10-6-4-3-5-9(10)7-8-15-11/h3-8H,1-2H3,(H2,14,17)(H,15,16). The maximum atomic E-state index is 11.3. The van der Waals surface area contributed by atoms with E-state index in [0.717, 1.165) is 10.8 Å². The van der Waals surface area contributed by atoms with Crippen LogP contribution in [0.4, 0.5) is 5.82 Å². The molecule has 0 bridgehead atoms. The molecule has 1 amide bonds. The summed E-state index contributed by atoms with van der Waals surface area (Å²) >= 11 is 0. The maximum Gasteiger partial charge on any atom is 0.242 e. The fourth-order valence-corrected chi connectivity index (χ4v) is 1.58. The predicted octanol–water partition coefficient (Wildman–Crippen LogP) is 1.91. The van der Waals surface area contributed by atoms with E-state index in [2.05, 4.69) is 10.3 Å². The highest BCUT2D eigenvalue weighted by molar-refractivity contribution is 5.94. The molecule has 1 heterocycles. The lowest BCUT2D eigenvalue weighted by atomic mass is 10.0. The Hall–Kier alpha value is -2.10. The number of aromatic nitrogens is 1. The molecule has 0 saturated carbocycles. The van der Waals surface area contributed by atoms with Crippen LogP contribution in [-0.2, 0) is 4.79 Å². The fraction of sp³-hybridized carbons (Fsp3) is 0.231. The minimum atomic E-state index is -0.822. The van der Waals surface area contributed by atoms with E-state index in [1.807, 2.05) is 30.3 Å². The van der Waals surface area contributed by atoms with Gasteiger partial charge in [0.2, 0.25) is 5.91 Å². The Morgan fingerprint density at radius 2 is 2.00 bits per heavy atom. The van der Waals surface area contributed by atoms with Gasteiger partial charge in [-0.25, -0.2) is 4.98 Å². The third-order valence-corrected chi connectivity index (χ3v) is 2.72. The van der Waals surface area contributed by atoms with Crippen molar-refractivity contribution in [3.63, 3.8) is 0 Å². The van der Waals surface area contributed by atoms with Crippen molar-refractivity contribution in [1.82, 2.24) is 4.98 Å². The lowest BCUT2D eigenvalue weighted by Crippen LogP contribution is -2.45. The van der Waals surface area contributed by atoms with Crippen molar-refractivity contribution in [3.05, 3.63) is 36.5 Å². The van der Waals surface area contributed by atoms with Gasteiger partial charge in [-0.15, -0.1) is 0 Å². The first kappa shape index (κ1) is 11.4. The number of carbonyl (C=O) groups excluding carboxylic acids is 1. The molecule has 0 aliphatic heterocycles. The topological polar surface area (TPSA) is 68.0 Å². The van der Waals surface area contributed by atoms with Gasteiger partial charge < -0.3 is 11.1 Å². The van der Waals surface area contributed by atoms with E-state index in [-0.39, 0.29) is 0 Å². The van der Waals surface area contributed by atoms with Crippen molar-refractivity contribution in [2.45, 2.75) is 19.4 Å². The minimum absolute atomic E-state index is 0.410. The molecule has 0 spiro atoms. The van der Waals surface area contributed by atoms with Crippen LogP contribution in [0.3, 0.4) is 0 Å². The van der Waals surface area contributed by atoms with Gasteiger partial charge in [-0.2, -0.15) is 0 Å². The number of benzene rings is 1. The quantitative estimate of drug-likeness (QED) is 0.844. The number of hydrogen-bond acceptors (Lipinski definition) is 3. The number of nitrogens with zero attached hydrogens (tertiary/aromatic N) is 1. The number of hydrogen-bond donors (Lipinski definition) is 2. The van der Waals surface area contributed by atoms with E-state index < -0.39 is 11.4 Å². The second-order valence-electron chi connectivity index (χ2n) is 4.49. The normalized spacial score (nSPS) is 11.4. The first-order valence-electron chi connectivity index (χ1n) is 5.42. The molecule has 0 aliphatic carbocycles. The van der Waals surface area contributed by atoms with Crippen molar-refractivity contribution in [2.24, 2.45) is 5.73 Å². The van der Waals surface area contributed by atoms with Crippen LogP contribution in [0.2, 0.25) is 0 Å². The molecular formula is C13H15N3O. The molecule has 1 aromatic heterocycles. The SMILES string of the molecule is CC(C)(Nc1nccc2ccccc12)C(N)=O. The molecule has 0 saturated heterocycles. The zero-order chi connectivity index (χ0) is 12.5. The molecule has 2 aromatic rings. The molecule has 0 atom stereocenters. The summed E-state index contributed by atoms with van der Waals surface area (Å²) in [4.78, 5) is 15.5. The molecule has 0 unspecified atom stereocenters. The average molecular weight is 229 g/mol. The van der Waals surface area contributed by atoms with E-state index in [4.69, 9.17) is 5.73 Å². The van der Waals surface area contributed by atoms with E-state index >= 15 is 0 Å². The molecule has 1 aromatic carbocycles. The third kappa shape index (κ3) is 2.20. The van der Waals surface area contributed by atoms with E-state index in [1.165, 1.54) is 0 Å². The summed E-state index contributed by atoms with van der Waals surface area (Å²) < 4.78 is 0. The van der Waals surface area contributed by atoms with Gasteiger partial charge in [0.25, 0.3) is 0 Å². The molecule has 0 fully saturated rings. The van der Waals surface area contributed by atoms with Crippen LogP contribution >= 0.6 is 0 Å². The number of rotatable bonds is 3. The number of nitrogens with one attached hydrogen (secondary N) is 1. The number of amides is 1. The van der Waals surface area contributed by atoms with Crippen LogP contribution in [0, 0.1) is 0 Å². The van der Waals surface area contributed by atoms with Gasteiger partial charge in [0.15, 0.2) is 0 Å². The number of pyridine rings is 1. The Morgan fingerprint density at radius 1 is 1.29 bits per heavy atom. The Morgan fingerprint density at radius 3 is 2.71 bits per heavy atom. The summed E-state index contributed by atoms with van der Waals surface area (Å²) in [7, 11) is 0. The van der Waals surface area contributed by atoms with Gasteiger partial charge in [0.05, 0.1) is 0 Å². The number of anilines is 1. The lowest BCUT2D eigenvalue weighted by molar-refractivity contribution is -0.121. The predicted molar refractivity (Wildman–Crippen MR) is 68.6 cm³/mol. The summed E-state index contributed by atoms with van der Waals surface area (Å²) in [6, 6.07) is 9.79. The van der Waals surface area contributed by atoms with Gasteiger partial charge >= 0.3 is 0 Å². The van der Waals surface area contributed by atoms with E-state index in [1.54, 1.807) is 20.0 Å². The number of primary amides is 1. The first-order chi connectivity index (χ1) is 8.00. The molecular weight excluding hydrogens is 214 g/mol. The summed E-state index contributed by atoms with van der Waals surface area (Å²) in [5.74, 6) is 0.263. The van der Waals surface area contributed by atoms with Gasteiger partial charge in [0.1, 0.15) is 11.4 Å². The van der Waals surface area contributed by atoms with Crippen LogP contribution < -0.4 is 11.1 Å². The van der Waals surface area contributed by atoms with Crippen LogP contribution in [0.15, 0.2) is 36.5 Å². The van der Waals surface area contributed by atoms with Gasteiger partial charge in [0, 0.05) is 11.6 Å². The van der Waals surface area contributed by atoms with Crippen LogP contribution in [0.1, 0.15) is 13.8 Å². The molecule has 0 aliphatic rings. The number of carbonyl (C=O) groups is 1. The molecule has 0 radical (unpaired) electrons. The second-order valence-corrected chi connectivity index (χ2v) is 4.49. The summed E-state index contributed by atoms with van der Waals surface area (Å²) in [5.41, 5.74) is 4.51.